The Hall–Kier alpha value is -0.0600. The monoisotopic (exact) mass is 352 g/mol. The maximum absolute atomic E-state index is 11.6. The van der Waals surface area contributed by atoms with Gasteiger partial charge in [-0.1, -0.05) is 90.9 Å². The second-order valence-corrected chi connectivity index (χ2v) is 6.73. The third-order valence-electron chi connectivity index (χ3n) is 4.73. The number of unbranched alkanes of at least 4 members (excludes halogenated alkanes) is 10. The van der Waals surface area contributed by atoms with Crippen LogP contribution in [-0.4, -0.2) is 22.2 Å². The van der Waals surface area contributed by atoms with Crippen molar-refractivity contribution in [3.05, 3.63) is 0 Å². The van der Waals surface area contributed by atoms with Gasteiger partial charge in [0.25, 0.3) is 0 Å². The van der Waals surface area contributed by atoms with E-state index in [2.05, 4.69) is 13.8 Å². The quantitative estimate of drug-likeness (QED) is 0.254. The van der Waals surface area contributed by atoms with Crippen LogP contribution in [-0.2, 0) is 9.59 Å². The van der Waals surface area contributed by atoms with Crippen LogP contribution in [0.4, 0.5) is 0 Å². The van der Waals surface area contributed by atoms with Crippen LogP contribution in [0, 0.1) is 5.41 Å². The molecule has 0 aromatic carbocycles. The van der Waals surface area contributed by atoms with Gasteiger partial charge in [0.2, 0.25) is 0 Å². The summed E-state index contributed by atoms with van der Waals surface area (Å²) in [5, 5.41) is 19.0. The number of carboxylic acids is 2. The van der Waals surface area contributed by atoms with Gasteiger partial charge in [-0.2, -0.15) is 0 Å². The fourth-order valence-electron chi connectivity index (χ4n) is 3.06. The standard InChI is InChI=1S/C19H36O4.Na.H/c1-3-5-7-9-11-13-15-19(17(20)21,18(22)23)16-14-12-10-8-6-4-2;;/h3-16H2,1-2H3,(H,20,21)(H,22,23);;/q;+1;-1. The molecular weight excluding hydrogens is 315 g/mol. The van der Waals surface area contributed by atoms with E-state index < -0.39 is 17.4 Å². The second-order valence-electron chi connectivity index (χ2n) is 6.73. The number of hydrogen-bond donors (Lipinski definition) is 2. The Morgan fingerprint density at radius 2 is 0.958 bits per heavy atom. The van der Waals surface area contributed by atoms with E-state index in [-0.39, 0.29) is 43.8 Å². The molecule has 0 saturated carbocycles. The summed E-state index contributed by atoms with van der Waals surface area (Å²) in [6, 6.07) is 0. The van der Waals surface area contributed by atoms with Crippen molar-refractivity contribution in [3.63, 3.8) is 0 Å². The Kier molecular flexibility index (Phi) is 17.9. The van der Waals surface area contributed by atoms with Crippen LogP contribution in [0.25, 0.3) is 0 Å². The predicted octanol–water partition coefficient (Wildman–Crippen LogP) is 2.76. The minimum absolute atomic E-state index is 0. The van der Waals surface area contributed by atoms with Crippen molar-refractivity contribution in [2.45, 2.75) is 104 Å². The number of rotatable bonds is 16. The van der Waals surface area contributed by atoms with E-state index in [1.54, 1.807) is 0 Å². The van der Waals surface area contributed by atoms with E-state index in [0.29, 0.717) is 12.8 Å². The molecule has 0 saturated heterocycles. The Morgan fingerprint density at radius 1 is 0.667 bits per heavy atom. The first kappa shape index (κ1) is 26.2. The Labute approximate surface area is 171 Å². The van der Waals surface area contributed by atoms with Gasteiger partial charge in [0.15, 0.2) is 5.41 Å². The van der Waals surface area contributed by atoms with Gasteiger partial charge in [0.05, 0.1) is 0 Å². The summed E-state index contributed by atoms with van der Waals surface area (Å²) in [4.78, 5) is 23.2. The Balaban J connectivity index is -0.00000242. The zero-order chi connectivity index (χ0) is 17.6. The SMILES string of the molecule is CCCCCCCCC(CCCCCCCC)(C(=O)O)C(=O)O.[H-].[Na+]. The summed E-state index contributed by atoms with van der Waals surface area (Å²) < 4.78 is 0. The van der Waals surface area contributed by atoms with Crippen molar-refractivity contribution in [3.8, 4) is 0 Å². The van der Waals surface area contributed by atoms with Gasteiger partial charge in [-0.25, -0.2) is 0 Å². The molecule has 0 fully saturated rings. The molecule has 0 aliphatic rings. The van der Waals surface area contributed by atoms with E-state index in [0.717, 1.165) is 38.5 Å². The second kappa shape index (κ2) is 16.4. The van der Waals surface area contributed by atoms with Crippen molar-refractivity contribution in [2.24, 2.45) is 5.41 Å². The van der Waals surface area contributed by atoms with Crippen molar-refractivity contribution in [1.29, 1.82) is 0 Å². The van der Waals surface area contributed by atoms with Gasteiger partial charge in [-0.3, -0.25) is 9.59 Å². The molecule has 0 atom stereocenters. The molecule has 0 aliphatic heterocycles. The molecule has 0 aromatic rings. The molecule has 0 amide bonds. The number of carbonyl (C=O) groups is 2. The first-order valence-electron chi connectivity index (χ1n) is 9.48. The fraction of sp³-hybridized carbons (Fsp3) is 0.895. The third kappa shape index (κ3) is 10.7. The van der Waals surface area contributed by atoms with Gasteiger partial charge in [-0.15, -0.1) is 0 Å². The maximum Gasteiger partial charge on any atom is 1.00 e. The Bertz CT molecular complexity index is 305. The van der Waals surface area contributed by atoms with Crippen molar-refractivity contribution in [2.75, 3.05) is 0 Å². The average Bonchev–Trinajstić information content (AvgIpc) is 2.51. The molecule has 0 heterocycles. The first-order chi connectivity index (χ1) is 11.0. The van der Waals surface area contributed by atoms with Gasteiger partial charge in [0.1, 0.15) is 0 Å². The summed E-state index contributed by atoms with van der Waals surface area (Å²) in [6.45, 7) is 4.31. The predicted molar refractivity (Wildman–Crippen MR) is 94.8 cm³/mol. The number of aliphatic carboxylic acids is 2. The maximum atomic E-state index is 11.6. The number of carboxylic acid groups (broad SMARTS) is 2. The molecule has 0 radical (unpaired) electrons. The minimum atomic E-state index is -1.57. The topological polar surface area (TPSA) is 74.6 Å². The van der Waals surface area contributed by atoms with Crippen LogP contribution in [0.1, 0.15) is 105 Å². The molecule has 5 heteroatoms. The van der Waals surface area contributed by atoms with Crippen molar-refractivity contribution in [1.82, 2.24) is 0 Å². The molecule has 0 bridgehead atoms. The summed E-state index contributed by atoms with van der Waals surface area (Å²) in [7, 11) is 0. The zero-order valence-electron chi connectivity index (χ0n) is 17.1. The molecular formula is C19H37NaO4. The van der Waals surface area contributed by atoms with E-state index in [9.17, 15) is 19.8 Å². The third-order valence-corrected chi connectivity index (χ3v) is 4.73. The molecule has 0 spiro atoms. The van der Waals surface area contributed by atoms with Crippen LogP contribution < -0.4 is 29.6 Å². The average molecular weight is 352 g/mol. The van der Waals surface area contributed by atoms with Crippen LogP contribution in [0.3, 0.4) is 0 Å². The Morgan fingerprint density at radius 3 is 1.25 bits per heavy atom. The smallest absolute Gasteiger partial charge is 1.00 e. The van der Waals surface area contributed by atoms with E-state index in [4.69, 9.17) is 0 Å². The molecule has 0 unspecified atom stereocenters. The molecule has 4 nitrogen and oxygen atoms in total. The van der Waals surface area contributed by atoms with Crippen LogP contribution >= 0.6 is 0 Å². The van der Waals surface area contributed by atoms with Crippen molar-refractivity contribution < 1.29 is 50.8 Å². The van der Waals surface area contributed by atoms with Crippen molar-refractivity contribution >= 4 is 11.9 Å². The molecule has 0 aliphatic carbocycles. The van der Waals surface area contributed by atoms with E-state index in [1.165, 1.54) is 25.7 Å². The van der Waals surface area contributed by atoms with Crippen LogP contribution in [0.15, 0.2) is 0 Å². The molecule has 0 aromatic heterocycles. The van der Waals surface area contributed by atoms with Gasteiger partial charge >= 0.3 is 41.5 Å². The van der Waals surface area contributed by atoms with Gasteiger partial charge < -0.3 is 11.6 Å². The van der Waals surface area contributed by atoms with Crippen LogP contribution in [0.5, 0.6) is 0 Å². The van der Waals surface area contributed by atoms with Crippen LogP contribution in [0.2, 0.25) is 0 Å². The summed E-state index contributed by atoms with van der Waals surface area (Å²) in [6.07, 6.45) is 13.0. The fourth-order valence-corrected chi connectivity index (χ4v) is 3.06. The largest absolute Gasteiger partial charge is 1.00 e. The van der Waals surface area contributed by atoms with E-state index >= 15 is 0 Å². The first-order valence-corrected chi connectivity index (χ1v) is 9.48. The van der Waals surface area contributed by atoms with Gasteiger partial charge in [0, 0.05) is 0 Å². The van der Waals surface area contributed by atoms with Gasteiger partial charge in [-0.05, 0) is 12.8 Å². The minimum Gasteiger partial charge on any atom is -1.00 e. The molecule has 0 rings (SSSR count). The summed E-state index contributed by atoms with van der Waals surface area (Å²) in [5.41, 5.74) is -1.57. The summed E-state index contributed by atoms with van der Waals surface area (Å²) >= 11 is 0. The zero-order valence-corrected chi connectivity index (χ0v) is 18.1. The normalized spacial score (nSPS) is 11.1. The molecule has 24 heavy (non-hydrogen) atoms. The van der Waals surface area contributed by atoms with E-state index in [1.807, 2.05) is 0 Å². The molecule has 2 N–H and O–H groups in total. The molecule has 138 valence electrons. The number of hydrogen-bond acceptors (Lipinski definition) is 2. The summed E-state index contributed by atoms with van der Waals surface area (Å²) in [5.74, 6) is -2.32.